The van der Waals surface area contributed by atoms with E-state index < -0.39 is 12.6 Å². The third kappa shape index (κ3) is 9.37. The number of ether oxygens (including phenoxy) is 4. The van der Waals surface area contributed by atoms with E-state index in [1.807, 2.05) is 0 Å². The van der Waals surface area contributed by atoms with Gasteiger partial charge in [0.2, 0.25) is 18.3 Å². The van der Waals surface area contributed by atoms with Crippen LogP contribution in [-0.2, 0) is 39.4 Å². The van der Waals surface area contributed by atoms with Crippen molar-refractivity contribution in [3.05, 3.63) is 130 Å². The molecule has 2 saturated heterocycles. The van der Waals surface area contributed by atoms with Crippen molar-refractivity contribution in [2.45, 2.75) is 135 Å². The zero-order valence-corrected chi connectivity index (χ0v) is 39.4. The van der Waals surface area contributed by atoms with Gasteiger partial charge in [-0.05, 0) is 122 Å². The number of esters is 2. The Morgan fingerprint density at radius 3 is 2.02 bits per heavy atom. The van der Waals surface area contributed by atoms with Gasteiger partial charge in [-0.15, -0.1) is 0 Å². The minimum Gasteiger partial charge on any atom is -0.436 e. The average molecular weight is 897 g/mol. The molecule has 0 aromatic heterocycles. The van der Waals surface area contributed by atoms with E-state index in [-0.39, 0.29) is 22.8 Å². The molecule has 0 saturated carbocycles. The molecule has 2 fully saturated rings. The Hall–Kier alpha value is -5.02. The van der Waals surface area contributed by atoms with Crippen LogP contribution < -0.4 is 4.90 Å². The summed E-state index contributed by atoms with van der Waals surface area (Å²) in [4.78, 5) is 28.3. The Labute approximate surface area is 389 Å². The Balaban J connectivity index is 0.996. The van der Waals surface area contributed by atoms with E-state index in [0.29, 0.717) is 52.0 Å². The molecular formula is C56H64ClN2O6+. The Bertz CT molecular complexity index is 2620. The topological polar surface area (TPSA) is 77.3 Å². The highest BCUT2D eigenvalue weighted by molar-refractivity contribution is 6.32. The highest BCUT2D eigenvalue weighted by Crippen LogP contribution is 2.51. The first-order chi connectivity index (χ1) is 31.5. The Morgan fingerprint density at radius 2 is 1.35 bits per heavy atom. The quantitative estimate of drug-likeness (QED) is 0.0977. The molecule has 4 aromatic rings. The van der Waals surface area contributed by atoms with Gasteiger partial charge in [-0.25, -0.2) is 0 Å². The molecule has 5 aliphatic rings. The van der Waals surface area contributed by atoms with Crippen LogP contribution in [0.2, 0.25) is 0 Å². The molecule has 340 valence electrons. The van der Waals surface area contributed by atoms with Crippen molar-refractivity contribution < 1.29 is 33.1 Å². The summed E-state index contributed by atoms with van der Waals surface area (Å²) in [5.41, 5.74) is 8.99. The first-order valence-corrected chi connectivity index (χ1v) is 24.5. The van der Waals surface area contributed by atoms with Crippen molar-refractivity contribution in [3.63, 3.8) is 0 Å². The maximum Gasteiger partial charge on any atom is 0.308 e. The number of allylic oxidation sites excluding steroid dienone is 8. The lowest BCUT2D eigenvalue weighted by Crippen LogP contribution is -2.28. The highest BCUT2D eigenvalue weighted by atomic mass is 35.5. The lowest BCUT2D eigenvalue weighted by molar-refractivity contribution is -0.438. The van der Waals surface area contributed by atoms with Crippen LogP contribution in [0.4, 0.5) is 11.4 Å². The summed E-state index contributed by atoms with van der Waals surface area (Å²) in [6.45, 7) is 11.9. The number of fused-ring (bicyclic) bond motifs is 6. The molecule has 8 nitrogen and oxygen atoms in total. The zero-order chi connectivity index (χ0) is 45.1. The molecule has 2 atom stereocenters. The number of halogens is 1. The van der Waals surface area contributed by atoms with E-state index >= 15 is 0 Å². The van der Waals surface area contributed by atoms with Gasteiger partial charge in [0.05, 0.1) is 25.0 Å². The number of benzene rings is 4. The monoisotopic (exact) mass is 895 g/mol. The second kappa shape index (κ2) is 19.4. The van der Waals surface area contributed by atoms with E-state index in [1.54, 1.807) is 0 Å². The summed E-state index contributed by atoms with van der Waals surface area (Å²) >= 11 is 7.44. The van der Waals surface area contributed by atoms with Crippen molar-refractivity contribution in [1.29, 1.82) is 0 Å². The fourth-order valence-corrected chi connectivity index (χ4v) is 11.2. The van der Waals surface area contributed by atoms with E-state index in [0.717, 1.165) is 74.0 Å². The minimum absolute atomic E-state index is 0.203. The molecule has 0 bridgehead atoms. The molecule has 0 amide bonds. The molecule has 65 heavy (non-hydrogen) atoms. The molecule has 0 spiro atoms. The Morgan fingerprint density at radius 1 is 0.723 bits per heavy atom. The van der Waals surface area contributed by atoms with Gasteiger partial charge in [0.15, 0.2) is 5.71 Å². The third-order valence-corrected chi connectivity index (χ3v) is 14.7. The second-order valence-corrected chi connectivity index (χ2v) is 19.7. The third-order valence-electron chi connectivity index (χ3n) is 14.2. The number of carbonyl (C=O) groups excluding carboxylic acids is 2. The molecule has 0 N–H and O–H groups in total. The van der Waals surface area contributed by atoms with Crippen LogP contribution in [0.25, 0.3) is 21.5 Å². The van der Waals surface area contributed by atoms with Crippen LogP contribution in [0.3, 0.4) is 0 Å². The predicted octanol–water partition coefficient (Wildman–Crippen LogP) is 12.9. The van der Waals surface area contributed by atoms with Gasteiger partial charge < -0.3 is 23.8 Å². The molecule has 4 aliphatic heterocycles. The zero-order valence-electron chi connectivity index (χ0n) is 38.6. The fourth-order valence-electron chi connectivity index (χ4n) is 10.9. The first kappa shape index (κ1) is 45.1. The number of nitrogens with zero attached hydrogens (tertiary/aromatic N) is 2. The maximum absolute atomic E-state index is 13.0. The van der Waals surface area contributed by atoms with Crippen LogP contribution in [0, 0.1) is 0 Å². The predicted molar refractivity (Wildman–Crippen MR) is 261 cm³/mol. The van der Waals surface area contributed by atoms with E-state index in [9.17, 15) is 9.59 Å². The van der Waals surface area contributed by atoms with Crippen LogP contribution in [0.1, 0.15) is 122 Å². The first-order valence-electron chi connectivity index (χ1n) is 24.1. The number of anilines is 1. The summed E-state index contributed by atoms with van der Waals surface area (Å²) in [6.07, 6.45) is 18.5. The van der Waals surface area contributed by atoms with Crippen LogP contribution in [0.15, 0.2) is 119 Å². The van der Waals surface area contributed by atoms with Crippen LogP contribution in [-0.4, -0.2) is 61.1 Å². The summed E-state index contributed by atoms with van der Waals surface area (Å²) in [5.74, 6) is -0.405. The summed E-state index contributed by atoms with van der Waals surface area (Å²) < 4.78 is 25.2. The lowest BCUT2D eigenvalue weighted by Gasteiger charge is -2.27. The molecule has 1 aliphatic carbocycles. The van der Waals surface area contributed by atoms with Gasteiger partial charge in [0.25, 0.3) is 0 Å². The van der Waals surface area contributed by atoms with Crippen molar-refractivity contribution in [2.24, 2.45) is 0 Å². The van der Waals surface area contributed by atoms with Gasteiger partial charge in [-0.1, -0.05) is 92.2 Å². The molecule has 4 aromatic carbocycles. The Kier molecular flexibility index (Phi) is 13.5. The van der Waals surface area contributed by atoms with E-state index in [1.165, 1.54) is 55.5 Å². The van der Waals surface area contributed by atoms with Gasteiger partial charge >= 0.3 is 11.9 Å². The molecule has 9 rings (SSSR count). The smallest absolute Gasteiger partial charge is 0.308 e. The second-order valence-electron chi connectivity index (χ2n) is 19.3. The average Bonchev–Trinajstić information content (AvgIpc) is 3.66. The van der Waals surface area contributed by atoms with Gasteiger partial charge in [-0.2, -0.15) is 4.58 Å². The normalized spacial score (nSPS) is 22.9. The van der Waals surface area contributed by atoms with Gasteiger partial charge in [0, 0.05) is 71.8 Å². The van der Waals surface area contributed by atoms with Crippen molar-refractivity contribution in [3.8, 4) is 0 Å². The maximum atomic E-state index is 13.0. The van der Waals surface area contributed by atoms with E-state index in [2.05, 4.69) is 134 Å². The number of carbonyl (C=O) groups is 2. The van der Waals surface area contributed by atoms with E-state index in [4.69, 9.17) is 30.5 Å². The van der Waals surface area contributed by atoms with Crippen molar-refractivity contribution in [1.82, 2.24) is 0 Å². The number of rotatable bonds is 13. The van der Waals surface area contributed by atoms with Crippen molar-refractivity contribution in [2.75, 3.05) is 31.2 Å². The summed E-state index contributed by atoms with van der Waals surface area (Å²) in [7, 11) is 0. The SMILES string of the molecule is CC1(C)C(=CC=C2CCCC(C=CC3=[N+](CCCC(=O)OC4CCCCO4)c4ccc5ccccc5c4C3(C)C)=C2Cl)N(CCCC(=O)OC2CCCCO2)c2ccc3ccccc3c21. The summed E-state index contributed by atoms with van der Waals surface area (Å²) in [5, 5.41) is 5.74. The molecule has 0 radical (unpaired) electrons. The van der Waals surface area contributed by atoms with Crippen LogP contribution >= 0.6 is 11.6 Å². The lowest BCUT2D eigenvalue weighted by atomic mass is 9.78. The number of hydrogen-bond donors (Lipinski definition) is 0. The van der Waals surface area contributed by atoms with Crippen molar-refractivity contribution >= 4 is 62.2 Å². The standard InChI is InChI=1S/C56H64ClN2O6/c1-55(2)46(58(34-14-22-48(60)64-50-24-9-11-36-62-50)44-30-26-38-16-5-7-20-42(38)52(44)55)32-28-40-18-13-19-41(54(40)57)29-33-47-56(3,4)53-43-21-8-6-17-39(43)27-31-45(53)59(47)35-15-23-49(61)65-51-25-10-12-37-63-51/h5-8,16-17,20-21,26-33,50-51H,9-15,18-19,22-25,34-37H2,1-4H3/q+1. The molecular weight excluding hydrogens is 832 g/mol. The largest absolute Gasteiger partial charge is 0.436 e. The molecule has 9 heteroatoms. The summed E-state index contributed by atoms with van der Waals surface area (Å²) in [6, 6.07) is 26.1. The molecule has 2 unspecified atom stereocenters. The minimum atomic E-state index is -0.424. The van der Waals surface area contributed by atoms with Gasteiger partial charge in [-0.3, -0.25) is 9.59 Å². The van der Waals surface area contributed by atoms with Crippen LogP contribution in [0.5, 0.6) is 0 Å². The molecule has 4 heterocycles. The van der Waals surface area contributed by atoms with Gasteiger partial charge in [0.1, 0.15) is 6.54 Å². The fraction of sp³-hybridized carbons (Fsp3) is 0.446. The number of hydrogen-bond acceptors (Lipinski definition) is 7. The highest BCUT2D eigenvalue weighted by Gasteiger charge is 2.46.